The topological polar surface area (TPSA) is 54.6 Å². The van der Waals surface area contributed by atoms with Gasteiger partial charge in [-0.25, -0.2) is 4.98 Å². The lowest BCUT2D eigenvalue weighted by Gasteiger charge is -2.19. The van der Waals surface area contributed by atoms with E-state index in [1.165, 1.54) is 6.42 Å². The SMILES string of the molecule is COCc1nc(N2CCC(N(C)C)C2)sc1CN. The Morgan fingerprint density at radius 3 is 2.89 bits per heavy atom. The maximum atomic E-state index is 5.76. The van der Waals surface area contributed by atoms with Crippen LogP contribution in [-0.2, 0) is 17.9 Å². The van der Waals surface area contributed by atoms with Crippen LogP contribution in [-0.4, -0.2) is 50.2 Å². The largest absolute Gasteiger partial charge is 0.378 e. The van der Waals surface area contributed by atoms with Gasteiger partial charge in [-0.15, -0.1) is 11.3 Å². The molecule has 0 aromatic carbocycles. The second-order valence-electron chi connectivity index (χ2n) is 4.86. The van der Waals surface area contributed by atoms with Crippen LogP contribution in [0, 0.1) is 0 Å². The molecule has 102 valence electrons. The van der Waals surface area contributed by atoms with Crippen LogP contribution < -0.4 is 10.6 Å². The first-order valence-electron chi connectivity index (χ1n) is 6.24. The molecule has 0 bridgehead atoms. The molecule has 1 fully saturated rings. The molecule has 2 N–H and O–H groups in total. The van der Waals surface area contributed by atoms with E-state index >= 15 is 0 Å². The summed E-state index contributed by atoms with van der Waals surface area (Å²) < 4.78 is 5.17. The maximum absolute atomic E-state index is 5.76. The van der Waals surface area contributed by atoms with Crippen LogP contribution in [0.3, 0.4) is 0 Å². The molecule has 1 aromatic rings. The molecule has 0 aliphatic carbocycles. The maximum Gasteiger partial charge on any atom is 0.185 e. The average Bonchev–Trinajstić information content (AvgIpc) is 2.94. The zero-order chi connectivity index (χ0) is 13.1. The van der Waals surface area contributed by atoms with Gasteiger partial charge in [0, 0.05) is 37.7 Å². The lowest BCUT2D eigenvalue weighted by atomic mass is 10.2. The third kappa shape index (κ3) is 2.83. The molecule has 1 atom stereocenters. The summed E-state index contributed by atoms with van der Waals surface area (Å²) in [5.74, 6) is 0. The van der Waals surface area contributed by atoms with Gasteiger partial charge in [-0.3, -0.25) is 0 Å². The third-order valence-electron chi connectivity index (χ3n) is 3.40. The molecule has 2 rings (SSSR count). The summed E-state index contributed by atoms with van der Waals surface area (Å²) >= 11 is 1.70. The molecule has 18 heavy (non-hydrogen) atoms. The Morgan fingerprint density at radius 1 is 1.56 bits per heavy atom. The van der Waals surface area contributed by atoms with Crippen molar-refractivity contribution in [2.24, 2.45) is 5.73 Å². The summed E-state index contributed by atoms with van der Waals surface area (Å²) in [6.07, 6.45) is 1.20. The Bertz CT molecular complexity index is 393. The van der Waals surface area contributed by atoms with Gasteiger partial charge in [0.05, 0.1) is 12.3 Å². The highest BCUT2D eigenvalue weighted by Gasteiger charge is 2.26. The Morgan fingerprint density at radius 2 is 2.33 bits per heavy atom. The minimum absolute atomic E-state index is 0.543. The van der Waals surface area contributed by atoms with Crippen LogP contribution in [0.5, 0.6) is 0 Å². The van der Waals surface area contributed by atoms with Crippen molar-refractivity contribution in [1.82, 2.24) is 9.88 Å². The zero-order valence-electron chi connectivity index (χ0n) is 11.3. The van der Waals surface area contributed by atoms with Crippen molar-refractivity contribution in [3.8, 4) is 0 Å². The zero-order valence-corrected chi connectivity index (χ0v) is 12.2. The van der Waals surface area contributed by atoms with Crippen molar-refractivity contribution in [2.75, 3.05) is 39.2 Å². The van der Waals surface area contributed by atoms with Crippen molar-refractivity contribution >= 4 is 16.5 Å². The first-order chi connectivity index (χ1) is 8.65. The Kier molecular flexibility index (Phi) is 4.55. The number of methoxy groups -OCH3 is 1. The van der Waals surface area contributed by atoms with Crippen LogP contribution in [0.4, 0.5) is 5.13 Å². The van der Waals surface area contributed by atoms with Crippen molar-refractivity contribution in [3.05, 3.63) is 10.6 Å². The normalized spacial score (nSPS) is 20.1. The molecule has 1 unspecified atom stereocenters. The Hall–Kier alpha value is -0.690. The lowest BCUT2D eigenvalue weighted by molar-refractivity contribution is 0.181. The molecule has 5 nitrogen and oxygen atoms in total. The van der Waals surface area contributed by atoms with Gasteiger partial charge in [-0.2, -0.15) is 0 Å². The molecular formula is C12H22N4OS. The molecule has 0 amide bonds. The highest BCUT2D eigenvalue weighted by molar-refractivity contribution is 7.15. The van der Waals surface area contributed by atoms with Crippen LogP contribution in [0.1, 0.15) is 17.0 Å². The number of likely N-dealkylation sites (N-methyl/N-ethyl adjacent to an activating group) is 1. The van der Waals surface area contributed by atoms with Crippen LogP contribution in [0.15, 0.2) is 0 Å². The molecule has 1 aliphatic heterocycles. The predicted molar refractivity (Wildman–Crippen MR) is 75.0 cm³/mol. The number of thiazole rings is 1. The molecule has 6 heteroatoms. The number of anilines is 1. The van der Waals surface area contributed by atoms with E-state index in [-0.39, 0.29) is 0 Å². The molecule has 0 spiro atoms. The summed E-state index contributed by atoms with van der Waals surface area (Å²) in [5, 5.41) is 1.09. The van der Waals surface area contributed by atoms with Gasteiger partial charge in [0.25, 0.3) is 0 Å². The predicted octanol–water partition coefficient (Wildman–Crippen LogP) is 0.888. The third-order valence-corrected chi connectivity index (χ3v) is 4.58. The van der Waals surface area contributed by atoms with Gasteiger partial charge in [0.15, 0.2) is 5.13 Å². The second kappa shape index (κ2) is 5.97. The average molecular weight is 270 g/mol. The number of nitrogens with two attached hydrogens (primary N) is 1. The summed E-state index contributed by atoms with van der Waals surface area (Å²) in [6, 6.07) is 0.626. The Balaban J connectivity index is 2.10. The van der Waals surface area contributed by atoms with E-state index < -0.39 is 0 Å². The van der Waals surface area contributed by atoms with Crippen LogP contribution >= 0.6 is 11.3 Å². The standard InChI is InChI=1S/C12H22N4OS/c1-15(2)9-4-5-16(7-9)12-14-10(8-17-3)11(6-13)18-12/h9H,4-8,13H2,1-3H3. The molecular weight excluding hydrogens is 248 g/mol. The van der Waals surface area contributed by atoms with E-state index in [0.29, 0.717) is 19.2 Å². The van der Waals surface area contributed by atoms with Gasteiger partial charge in [0.1, 0.15) is 0 Å². The molecule has 0 saturated carbocycles. The molecule has 1 saturated heterocycles. The first kappa shape index (κ1) is 13.7. The van der Waals surface area contributed by atoms with Crippen molar-refractivity contribution in [1.29, 1.82) is 0 Å². The highest BCUT2D eigenvalue weighted by Crippen LogP contribution is 2.29. The van der Waals surface area contributed by atoms with Crippen LogP contribution in [0.2, 0.25) is 0 Å². The van der Waals surface area contributed by atoms with Crippen LogP contribution in [0.25, 0.3) is 0 Å². The summed E-state index contributed by atoms with van der Waals surface area (Å²) in [4.78, 5) is 10.4. The minimum atomic E-state index is 0.543. The Labute approximate surface area is 113 Å². The molecule has 1 aliphatic rings. The number of ether oxygens (including phenoxy) is 1. The van der Waals surface area contributed by atoms with Crippen molar-refractivity contribution in [2.45, 2.75) is 25.6 Å². The molecule has 0 radical (unpaired) electrons. The highest BCUT2D eigenvalue weighted by atomic mass is 32.1. The van der Waals surface area contributed by atoms with E-state index in [4.69, 9.17) is 10.5 Å². The fraction of sp³-hybridized carbons (Fsp3) is 0.750. The monoisotopic (exact) mass is 270 g/mol. The van der Waals surface area contributed by atoms with Gasteiger partial charge >= 0.3 is 0 Å². The van der Waals surface area contributed by atoms with E-state index in [0.717, 1.165) is 28.8 Å². The van der Waals surface area contributed by atoms with Gasteiger partial charge in [-0.1, -0.05) is 0 Å². The smallest absolute Gasteiger partial charge is 0.185 e. The van der Waals surface area contributed by atoms with E-state index in [2.05, 4.69) is 28.9 Å². The van der Waals surface area contributed by atoms with Gasteiger partial charge < -0.3 is 20.3 Å². The van der Waals surface area contributed by atoms with Crippen molar-refractivity contribution < 1.29 is 4.74 Å². The molecule has 1 aromatic heterocycles. The fourth-order valence-electron chi connectivity index (χ4n) is 2.25. The summed E-state index contributed by atoms with van der Waals surface area (Å²) in [7, 11) is 5.96. The number of aromatic nitrogens is 1. The van der Waals surface area contributed by atoms with Gasteiger partial charge in [-0.05, 0) is 20.5 Å². The number of rotatable bonds is 5. The van der Waals surface area contributed by atoms with E-state index in [1.807, 2.05) is 0 Å². The van der Waals surface area contributed by atoms with Crippen molar-refractivity contribution in [3.63, 3.8) is 0 Å². The molecule has 2 heterocycles. The lowest BCUT2D eigenvalue weighted by Crippen LogP contribution is -2.31. The fourth-order valence-corrected chi connectivity index (χ4v) is 3.23. The quantitative estimate of drug-likeness (QED) is 0.861. The minimum Gasteiger partial charge on any atom is -0.378 e. The first-order valence-corrected chi connectivity index (χ1v) is 7.06. The number of hydrogen-bond donors (Lipinski definition) is 1. The summed E-state index contributed by atoms with van der Waals surface area (Å²) in [5.41, 5.74) is 6.75. The number of hydrogen-bond acceptors (Lipinski definition) is 6. The van der Waals surface area contributed by atoms with E-state index in [1.54, 1.807) is 18.4 Å². The number of nitrogens with zero attached hydrogens (tertiary/aromatic N) is 3. The van der Waals surface area contributed by atoms with E-state index in [9.17, 15) is 0 Å². The second-order valence-corrected chi connectivity index (χ2v) is 5.92. The van der Waals surface area contributed by atoms with Gasteiger partial charge in [0.2, 0.25) is 0 Å². The summed E-state index contributed by atoms with van der Waals surface area (Å²) in [6.45, 7) is 3.22.